The number of hydrogen-bond acceptors (Lipinski definition) is 8. The van der Waals surface area contributed by atoms with Crippen LogP contribution in [0.5, 0.6) is 5.75 Å². The highest BCUT2D eigenvalue weighted by atomic mass is 32.1. The van der Waals surface area contributed by atoms with E-state index in [9.17, 15) is 19.5 Å². The standard InChI is InChI=1S/C39H49N5O5S/c1-5-6-7-8-9-22-49-30-16-14-27(15-17-30)29-24-41-35(42-25-29)28-12-10-26(11-13-28)23-32(36(45)43-31(20-21-40)38(47)48)44-37(46)33-18-19-34(50-33)39(2,3)4/h10-19,24-25,31-32H,5-9,20-23,40H2,1-4H3,(H,43,45)(H,44,46)(H,47,48)/t31?,32-/m0/s1. The smallest absolute Gasteiger partial charge is 0.326 e. The lowest BCUT2D eigenvalue weighted by atomic mass is 9.95. The molecule has 0 aliphatic rings. The molecule has 1 unspecified atom stereocenters. The van der Waals surface area contributed by atoms with Gasteiger partial charge in [-0.25, -0.2) is 14.8 Å². The molecule has 11 heteroatoms. The zero-order valence-corrected chi connectivity index (χ0v) is 30.2. The van der Waals surface area contributed by atoms with Gasteiger partial charge in [-0.05, 0) is 60.2 Å². The van der Waals surface area contributed by atoms with Crippen molar-refractivity contribution in [1.29, 1.82) is 0 Å². The number of benzene rings is 2. The van der Waals surface area contributed by atoms with Crippen LogP contribution in [0.15, 0.2) is 73.1 Å². The van der Waals surface area contributed by atoms with Gasteiger partial charge in [0, 0.05) is 34.8 Å². The zero-order chi connectivity index (χ0) is 36.1. The van der Waals surface area contributed by atoms with E-state index in [4.69, 9.17) is 10.5 Å². The Labute approximate surface area is 298 Å². The number of nitrogens with one attached hydrogen (secondary N) is 2. The SMILES string of the molecule is CCCCCCCOc1ccc(-c2cnc(-c3ccc(C[C@H](NC(=O)c4ccc(C(C)(C)C)s4)C(=O)NC(CCN)C(=O)O)cc3)nc2)cc1. The van der Waals surface area contributed by atoms with Crippen LogP contribution >= 0.6 is 11.3 Å². The molecule has 4 rings (SSSR count). The van der Waals surface area contributed by atoms with E-state index in [1.165, 1.54) is 37.0 Å². The fourth-order valence-corrected chi connectivity index (χ4v) is 6.26. The maximum absolute atomic E-state index is 13.4. The summed E-state index contributed by atoms with van der Waals surface area (Å²) in [6.45, 7) is 9.21. The third kappa shape index (κ3) is 11.2. The highest BCUT2D eigenvalue weighted by molar-refractivity contribution is 7.14. The van der Waals surface area contributed by atoms with E-state index in [-0.39, 0.29) is 24.8 Å². The first-order valence-corrected chi connectivity index (χ1v) is 18.1. The number of aromatic nitrogens is 2. The van der Waals surface area contributed by atoms with Crippen LogP contribution in [0.3, 0.4) is 0 Å². The molecular weight excluding hydrogens is 651 g/mol. The van der Waals surface area contributed by atoms with Gasteiger partial charge in [0.05, 0.1) is 11.5 Å². The quantitative estimate of drug-likeness (QED) is 0.0829. The maximum atomic E-state index is 13.4. The summed E-state index contributed by atoms with van der Waals surface area (Å²) in [6, 6.07) is 16.8. The molecule has 0 saturated heterocycles. The Kier molecular flexibility index (Phi) is 14.1. The first-order chi connectivity index (χ1) is 24.0. The Hall–Kier alpha value is -4.61. The van der Waals surface area contributed by atoms with Crippen LogP contribution in [-0.4, -0.2) is 58.1 Å². The number of carbonyl (C=O) groups excluding carboxylic acids is 2. The van der Waals surface area contributed by atoms with Gasteiger partial charge >= 0.3 is 5.97 Å². The molecule has 4 aromatic rings. The van der Waals surface area contributed by atoms with Crippen LogP contribution in [0.25, 0.3) is 22.5 Å². The minimum Gasteiger partial charge on any atom is -0.494 e. The van der Waals surface area contributed by atoms with E-state index in [0.717, 1.165) is 45.9 Å². The molecule has 266 valence electrons. The van der Waals surface area contributed by atoms with E-state index >= 15 is 0 Å². The molecule has 0 saturated carbocycles. The molecule has 0 aliphatic heterocycles. The topological polar surface area (TPSA) is 157 Å². The lowest BCUT2D eigenvalue weighted by Crippen LogP contribution is -2.52. The summed E-state index contributed by atoms with van der Waals surface area (Å²) in [5.74, 6) is -0.797. The van der Waals surface area contributed by atoms with Crippen molar-refractivity contribution in [3.05, 3.63) is 88.4 Å². The van der Waals surface area contributed by atoms with Gasteiger partial charge in [-0.3, -0.25) is 9.59 Å². The van der Waals surface area contributed by atoms with Gasteiger partial charge in [0.15, 0.2) is 5.82 Å². The lowest BCUT2D eigenvalue weighted by Gasteiger charge is -2.21. The summed E-state index contributed by atoms with van der Waals surface area (Å²) in [7, 11) is 0. The van der Waals surface area contributed by atoms with Gasteiger partial charge in [0.25, 0.3) is 5.91 Å². The van der Waals surface area contributed by atoms with E-state index in [2.05, 4.69) is 48.3 Å². The molecule has 0 radical (unpaired) electrons. The summed E-state index contributed by atoms with van der Waals surface area (Å²) < 4.78 is 5.89. The van der Waals surface area contributed by atoms with E-state index < -0.39 is 29.9 Å². The predicted octanol–water partition coefficient (Wildman–Crippen LogP) is 6.78. The van der Waals surface area contributed by atoms with Crippen molar-refractivity contribution >= 4 is 29.1 Å². The van der Waals surface area contributed by atoms with Gasteiger partial charge in [-0.15, -0.1) is 11.3 Å². The molecule has 0 bridgehead atoms. The normalized spacial score (nSPS) is 12.6. The Balaban J connectivity index is 1.42. The highest BCUT2D eigenvalue weighted by Crippen LogP contribution is 2.29. The molecule has 2 heterocycles. The summed E-state index contributed by atoms with van der Waals surface area (Å²) in [5.41, 5.74) is 8.87. The first-order valence-electron chi connectivity index (χ1n) is 17.3. The summed E-state index contributed by atoms with van der Waals surface area (Å²) in [6.07, 6.45) is 9.77. The lowest BCUT2D eigenvalue weighted by molar-refractivity contribution is -0.142. The Morgan fingerprint density at radius 1 is 0.840 bits per heavy atom. The average Bonchev–Trinajstić information content (AvgIpc) is 3.62. The summed E-state index contributed by atoms with van der Waals surface area (Å²) >= 11 is 1.37. The fraction of sp³-hybridized carbons (Fsp3) is 0.410. The maximum Gasteiger partial charge on any atom is 0.326 e. The van der Waals surface area contributed by atoms with Gasteiger partial charge in [0.2, 0.25) is 5.91 Å². The average molecular weight is 700 g/mol. The molecule has 2 aromatic carbocycles. The van der Waals surface area contributed by atoms with Crippen LogP contribution in [0.2, 0.25) is 0 Å². The second-order valence-electron chi connectivity index (χ2n) is 13.4. The largest absolute Gasteiger partial charge is 0.494 e. The number of hydrogen-bond donors (Lipinski definition) is 4. The third-order valence-corrected chi connectivity index (χ3v) is 9.78. The van der Waals surface area contributed by atoms with Gasteiger partial charge in [-0.2, -0.15) is 0 Å². The Morgan fingerprint density at radius 2 is 1.50 bits per heavy atom. The summed E-state index contributed by atoms with van der Waals surface area (Å²) in [5, 5.41) is 14.9. The second-order valence-corrected chi connectivity index (χ2v) is 14.5. The molecule has 0 fully saturated rings. The molecule has 10 nitrogen and oxygen atoms in total. The molecule has 0 aliphatic carbocycles. The molecule has 5 N–H and O–H groups in total. The van der Waals surface area contributed by atoms with E-state index in [1.54, 1.807) is 18.5 Å². The van der Waals surface area contributed by atoms with Crippen LogP contribution < -0.4 is 21.1 Å². The molecule has 0 spiro atoms. The van der Waals surface area contributed by atoms with Crippen molar-refractivity contribution in [1.82, 2.24) is 20.6 Å². The van der Waals surface area contributed by atoms with Crippen molar-refractivity contribution < 1.29 is 24.2 Å². The van der Waals surface area contributed by atoms with Crippen molar-refractivity contribution in [2.24, 2.45) is 5.73 Å². The number of aliphatic carboxylic acids is 1. The predicted molar refractivity (Wildman–Crippen MR) is 198 cm³/mol. The van der Waals surface area contributed by atoms with Crippen molar-refractivity contribution in [2.45, 2.75) is 90.1 Å². The second kappa shape index (κ2) is 18.4. The van der Waals surface area contributed by atoms with Crippen molar-refractivity contribution in [2.75, 3.05) is 13.2 Å². The monoisotopic (exact) mass is 699 g/mol. The minimum atomic E-state index is -1.19. The number of unbranched alkanes of at least 4 members (excludes halogenated alkanes) is 4. The van der Waals surface area contributed by atoms with Crippen LogP contribution in [-0.2, 0) is 21.4 Å². The number of amides is 2. The van der Waals surface area contributed by atoms with Crippen molar-refractivity contribution in [3.63, 3.8) is 0 Å². The number of nitrogens with two attached hydrogens (primary N) is 1. The molecule has 2 aromatic heterocycles. The minimum absolute atomic E-state index is 0.0636. The molecular formula is C39H49N5O5S. The van der Waals surface area contributed by atoms with Gasteiger partial charge in [0.1, 0.15) is 17.8 Å². The Morgan fingerprint density at radius 3 is 2.10 bits per heavy atom. The number of thiophene rings is 1. The number of carboxylic acids is 1. The zero-order valence-electron chi connectivity index (χ0n) is 29.4. The number of ether oxygens (including phenoxy) is 1. The van der Waals surface area contributed by atoms with Gasteiger partial charge < -0.3 is 26.2 Å². The number of nitrogens with zero attached hydrogens (tertiary/aromatic N) is 2. The highest BCUT2D eigenvalue weighted by Gasteiger charge is 2.28. The number of carboxylic acid groups (broad SMARTS) is 1. The number of carbonyl (C=O) groups is 3. The Bertz CT molecular complexity index is 1680. The molecule has 2 amide bonds. The fourth-order valence-electron chi connectivity index (χ4n) is 5.29. The number of rotatable bonds is 18. The van der Waals surface area contributed by atoms with E-state index in [1.807, 2.05) is 54.6 Å². The molecule has 2 atom stereocenters. The van der Waals surface area contributed by atoms with Crippen LogP contribution in [0.1, 0.15) is 86.3 Å². The first kappa shape index (κ1) is 38.2. The third-order valence-electron chi connectivity index (χ3n) is 8.27. The van der Waals surface area contributed by atoms with Crippen LogP contribution in [0.4, 0.5) is 0 Å². The van der Waals surface area contributed by atoms with Gasteiger partial charge in [-0.1, -0.05) is 89.8 Å². The summed E-state index contributed by atoms with van der Waals surface area (Å²) in [4.78, 5) is 49.0. The van der Waals surface area contributed by atoms with Crippen LogP contribution in [0, 0.1) is 0 Å². The van der Waals surface area contributed by atoms with Crippen molar-refractivity contribution in [3.8, 4) is 28.3 Å². The molecule has 50 heavy (non-hydrogen) atoms. The van der Waals surface area contributed by atoms with E-state index in [0.29, 0.717) is 10.7 Å².